The van der Waals surface area contributed by atoms with Crippen LogP contribution in [0, 0.1) is 10.1 Å². The highest BCUT2D eigenvalue weighted by molar-refractivity contribution is 7.99. The maximum atomic E-state index is 12.6. The summed E-state index contributed by atoms with van der Waals surface area (Å²) in [6.45, 7) is 1.91. The molecule has 0 amide bonds. The second kappa shape index (κ2) is 7.44. The first kappa shape index (κ1) is 17.5. The highest BCUT2D eigenvalue weighted by atomic mass is 32.2. The summed E-state index contributed by atoms with van der Waals surface area (Å²) < 4.78 is 37.9. The predicted octanol–water partition coefficient (Wildman–Crippen LogP) is 4.39. The minimum absolute atomic E-state index is 0.0247. The lowest BCUT2D eigenvalue weighted by molar-refractivity contribution is -0.385. The third-order valence-corrected chi connectivity index (χ3v) is 4.23. The highest BCUT2D eigenvalue weighted by Crippen LogP contribution is 2.40. The first-order valence-corrected chi connectivity index (χ1v) is 7.26. The molecule has 0 heterocycles. The van der Waals surface area contributed by atoms with E-state index in [0.717, 1.165) is 18.6 Å². The zero-order valence-corrected chi connectivity index (χ0v) is 12.0. The number of benzene rings is 1. The Morgan fingerprint density at radius 2 is 2.10 bits per heavy atom. The summed E-state index contributed by atoms with van der Waals surface area (Å²) in [5.41, 5.74) is -1.51. The van der Waals surface area contributed by atoms with Crippen LogP contribution in [0.3, 0.4) is 0 Å². The van der Waals surface area contributed by atoms with Gasteiger partial charge in [-0.25, -0.2) is 0 Å². The average molecular weight is 321 g/mol. The number of halogens is 3. The fourth-order valence-corrected chi connectivity index (χ4v) is 2.90. The minimum atomic E-state index is -4.64. The number of nitro benzene ring substituents is 1. The van der Waals surface area contributed by atoms with Crippen molar-refractivity contribution in [2.45, 2.75) is 31.2 Å². The van der Waals surface area contributed by atoms with Crippen LogP contribution in [-0.2, 0) is 11.0 Å². The number of carbonyl (C=O) groups is 1. The summed E-state index contributed by atoms with van der Waals surface area (Å²) in [6, 6.07) is 2.43. The van der Waals surface area contributed by atoms with Crippen LogP contribution in [0.5, 0.6) is 0 Å². The number of thioether (sulfide) groups is 1. The second-order valence-electron chi connectivity index (χ2n) is 4.29. The van der Waals surface area contributed by atoms with Gasteiger partial charge in [-0.3, -0.25) is 10.1 Å². The van der Waals surface area contributed by atoms with Crippen molar-refractivity contribution in [1.29, 1.82) is 0 Å². The topological polar surface area (TPSA) is 60.2 Å². The third-order valence-electron chi connectivity index (χ3n) is 2.73. The van der Waals surface area contributed by atoms with E-state index in [9.17, 15) is 28.1 Å². The van der Waals surface area contributed by atoms with Crippen LogP contribution in [0.2, 0.25) is 0 Å². The van der Waals surface area contributed by atoms with E-state index in [2.05, 4.69) is 0 Å². The van der Waals surface area contributed by atoms with Crippen LogP contribution in [0.4, 0.5) is 18.9 Å². The Labute approximate surface area is 123 Å². The summed E-state index contributed by atoms with van der Waals surface area (Å²) in [7, 11) is 0. The number of nitro groups is 1. The molecule has 1 rings (SSSR count). The first-order valence-electron chi connectivity index (χ1n) is 6.22. The average Bonchev–Trinajstić information content (AvgIpc) is 2.41. The van der Waals surface area contributed by atoms with Crippen LogP contribution in [-0.4, -0.2) is 17.0 Å². The molecule has 0 aliphatic rings. The van der Waals surface area contributed by atoms with Crippen molar-refractivity contribution in [2.24, 2.45) is 0 Å². The molecule has 0 spiro atoms. The van der Waals surface area contributed by atoms with Crippen molar-refractivity contribution >= 4 is 23.7 Å². The molecule has 0 aliphatic heterocycles. The quantitative estimate of drug-likeness (QED) is 0.424. The maximum absolute atomic E-state index is 12.6. The Bertz CT molecular complexity index is 520. The van der Waals surface area contributed by atoms with Crippen molar-refractivity contribution < 1.29 is 22.9 Å². The molecule has 4 nitrogen and oxygen atoms in total. The molecule has 0 fully saturated rings. The largest absolute Gasteiger partial charge is 0.416 e. The molecular formula is C13H14F3NO3S. The van der Waals surface area contributed by atoms with Gasteiger partial charge in [0.15, 0.2) is 0 Å². The number of alkyl halides is 3. The standard InChI is InChI=1S/C13H14F3NO3S/c1-2-7-21-12(5-6-18)10-4-3-9(13(14,15)16)8-11(10)17(19)20/h3-4,6,8,12H,2,5,7H2,1H3. The lowest BCUT2D eigenvalue weighted by Crippen LogP contribution is -2.08. The van der Waals surface area contributed by atoms with Gasteiger partial charge in [-0.2, -0.15) is 24.9 Å². The van der Waals surface area contributed by atoms with Gasteiger partial charge in [0.1, 0.15) is 6.29 Å². The molecule has 0 saturated heterocycles. The number of rotatable bonds is 7. The molecule has 0 aliphatic carbocycles. The third kappa shape index (κ3) is 4.73. The zero-order chi connectivity index (χ0) is 16.0. The van der Waals surface area contributed by atoms with Crippen LogP contribution >= 0.6 is 11.8 Å². The van der Waals surface area contributed by atoms with E-state index < -0.39 is 27.6 Å². The molecule has 1 aromatic rings. The van der Waals surface area contributed by atoms with E-state index in [0.29, 0.717) is 18.1 Å². The molecule has 1 atom stereocenters. The van der Waals surface area contributed by atoms with Gasteiger partial charge in [-0.1, -0.05) is 13.0 Å². The molecule has 0 saturated carbocycles. The molecule has 0 radical (unpaired) electrons. The van der Waals surface area contributed by atoms with Crippen molar-refractivity contribution in [2.75, 3.05) is 5.75 Å². The molecule has 0 bridgehead atoms. The van der Waals surface area contributed by atoms with Gasteiger partial charge in [0.2, 0.25) is 0 Å². The summed E-state index contributed by atoms with van der Waals surface area (Å²) in [4.78, 5) is 20.9. The van der Waals surface area contributed by atoms with E-state index >= 15 is 0 Å². The molecule has 21 heavy (non-hydrogen) atoms. The van der Waals surface area contributed by atoms with Gasteiger partial charge in [0.05, 0.1) is 10.5 Å². The smallest absolute Gasteiger partial charge is 0.303 e. The molecule has 1 aromatic carbocycles. The number of hydrogen-bond acceptors (Lipinski definition) is 4. The fourth-order valence-electron chi connectivity index (χ4n) is 1.78. The molecular weight excluding hydrogens is 307 g/mol. The first-order chi connectivity index (χ1) is 9.81. The van der Waals surface area contributed by atoms with Crippen molar-refractivity contribution in [3.63, 3.8) is 0 Å². The zero-order valence-electron chi connectivity index (χ0n) is 11.2. The van der Waals surface area contributed by atoms with Crippen molar-refractivity contribution in [3.8, 4) is 0 Å². The molecule has 0 aromatic heterocycles. The van der Waals surface area contributed by atoms with E-state index in [4.69, 9.17) is 0 Å². The van der Waals surface area contributed by atoms with Gasteiger partial charge in [0, 0.05) is 23.3 Å². The van der Waals surface area contributed by atoms with E-state index in [-0.39, 0.29) is 12.0 Å². The van der Waals surface area contributed by atoms with Crippen molar-refractivity contribution in [3.05, 3.63) is 39.4 Å². The van der Waals surface area contributed by atoms with Crippen LogP contribution in [0.25, 0.3) is 0 Å². The number of nitrogens with zero attached hydrogens (tertiary/aromatic N) is 1. The van der Waals surface area contributed by atoms with E-state index in [1.54, 1.807) is 0 Å². The van der Waals surface area contributed by atoms with Crippen molar-refractivity contribution in [1.82, 2.24) is 0 Å². The monoisotopic (exact) mass is 321 g/mol. The lowest BCUT2D eigenvalue weighted by Gasteiger charge is -2.15. The summed E-state index contributed by atoms with van der Waals surface area (Å²) in [5, 5.41) is 10.5. The fraction of sp³-hybridized carbons (Fsp3) is 0.462. The Morgan fingerprint density at radius 3 is 2.57 bits per heavy atom. The SMILES string of the molecule is CCCSC(CC=O)c1ccc(C(F)(F)F)cc1[N+](=O)[O-]. The second-order valence-corrected chi connectivity index (χ2v) is 5.60. The molecule has 0 N–H and O–H groups in total. The van der Waals surface area contributed by atoms with E-state index in [1.165, 1.54) is 11.8 Å². The number of aldehydes is 1. The van der Waals surface area contributed by atoms with Crippen LogP contribution < -0.4 is 0 Å². The van der Waals surface area contributed by atoms with Crippen LogP contribution in [0.15, 0.2) is 18.2 Å². The highest BCUT2D eigenvalue weighted by Gasteiger charge is 2.34. The lowest BCUT2D eigenvalue weighted by atomic mass is 10.0. The minimum Gasteiger partial charge on any atom is -0.303 e. The number of carbonyl (C=O) groups excluding carboxylic acids is 1. The summed E-state index contributed by atoms with van der Waals surface area (Å²) in [5.74, 6) is 0.663. The summed E-state index contributed by atoms with van der Waals surface area (Å²) >= 11 is 1.33. The normalized spacial score (nSPS) is 13.0. The Balaban J connectivity index is 3.26. The maximum Gasteiger partial charge on any atom is 0.416 e. The molecule has 1 unspecified atom stereocenters. The Morgan fingerprint density at radius 1 is 1.43 bits per heavy atom. The number of hydrogen-bond donors (Lipinski definition) is 0. The summed E-state index contributed by atoms with van der Waals surface area (Å²) in [6.07, 6.45) is -3.19. The molecule has 116 valence electrons. The van der Waals surface area contributed by atoms with Gasteiger partial charge < -0.3 is 4.79 Å². The van der Waals surface area contributed by atoms with Gasteiger partial charge in [0.25, 0.3) is 5.69 Å². The van der Waals surface area contributed by atoms with Gasteiger partial charge in [-0.15, -0.1) is 0 Å². The molecule has 8 heteroatoms. The van der Waals surface area contributed by atoms with Gasteiger partial charge in [-0.05, 0) is 18.2 Å². The van der Waals surface area contributed by atoms with Crippen LogP contribution in [0.1, 0.15) is 36.1 Å². The Hall–Kier alpha value is -1.57. The predicted molar refractivity (Wildman–Crippen MR) is 74.3 cm³/mol. The van der Waals surface area contributed by atoms with E-state index in [1.807, 2.05) is 6.92 Å². The Kier molecular flexibility index (Phi) is 6.19. The van der Waals surface area contributed by atoms with Gasteiger partial charge >= 0.3 is 6.18 Å².